The summed E-state index contributed by atoms with van der Waals surface area (Å²) < 4.78 is 5.36. The van der Waals surface area contributed by atoms with Gasteiger partial charge in [-0.1, -0.05) is 13.8 Å². The Labute approximate surface area is 110 Å². The van der Waals surface area contributed by atoms with E-state index >= 15 is 0 Å². The Kier molecular flexibility index (Phi) is 5.15. The fraction of sp³-hybridized carbons (Fsp3) is 1.00. The van der Waals surface area contributed by atoms with E-state index in [1.807, 2.05) is 0 Å². The average molecular weight is 258 g/mol. The summed E-state index contributed by atoms with van der Waals surface area (Å²) in [7, 11) is 0. The molecule has 0 bridgehead atoms. The van der Waals surface area contributed by atoms with E-state index in [4.69, 9.17) is 4.74 Å². The molecule has 2 fully saturated rings. The predicted molar refractivity (Wildman–Crippen MR) is 74.8 cm³/mol. The first-order chi connectivity index (χ1) is 8.16. The van der Waals surface area contributed by atoms with E-state index in [-0.39, 0.29) is 0 Å². The minimum atomic E-state index is 0.513. The van der Waals surface area contributed by atoms with Crippen LogP contribution in [0.1, 0.15) is 20.3 Å². The van der Waals surface area contributed by atoms with Crippen molar-refractivity contribution in [2.45, 2.75) is 26.3 Å². The lowest BCUT2D eigenvalue weighted by molar-refractivity contribution is 0.0380. The van der Waals surface area contributed by atoms with Crippen molar-refractivity contribution < 1.29 is 4.74 Å². The lowest BCUT2D eigenvalue weighted by Crippen LogP contribution is -2.45. The maximum atomic E-state index is 5.36. The summed E-state index contributed by atoms with van der Waals surface area (Å²) in [6, 6.07) is 0.713. The first-order valence-electron chi connectivity index (χ1n) is 6.77. The Morgan fingerprint density at radius 2 is 2.12 bits per heavy atom. The summed E-state index contributed by atoms with van der Waals surface area (Å²) in [6.45, 7) is 11.1. The fourth-order valence-electron chi connectivity index (χ4n) is 2.65. The second-order valence-corrected chi connectivity index (χ2v) is 7.02. The molecule has 0 aromatic heterocycles. The highest BCUT2D eigenvalue weighted by Gasteiger charge is 2.27. The summed E-state index contributed by atoms with van der Waals surface area (Å²) in [5, 5.41) is 3.72. The number of nitrogens with one attached hydrogen (secondary N) is 1. The summed E-state index contributed by atoms with van der Waals surface area (Å²) >= 11 is 2.10. The molecule has 4 heteroatoms. The maximum Gasteiger partial charge on any atom is 0.0594 e. The lowest BCUT2D eigenvalue weighted by Gasteiger charge is -2.36. The van der Waals surface area contributed by atoms with Gasteiger partial charge in [-0.25, -0.2) is 0 Å². The van der Waals surface area contributed by atoms with Crippen LogP contribution in [0.3, 0.4) is 0 Å². The Morgan fingerprint density at radius 3 is 2.82 bits per heavy atom. The molecule has 1 atom stereocenters. The van der Waals surface area contributed by atoms with Gasteiger partial charge in [0.05, 0.1) is 13.2 Å². The molecule has 0 spiro atoms. The second kappa shape index (κ2) is 6.41. The van der Waals surface area contributed by atoms with Crippen molar-refractivity contribution in [2.75, 3.05) is 50.9 Å². The van der Waals surface area contributed by atoms with Crippen molar-refractivity contribution in [3.05, 3.63) is 0 Å². The molecular weight excluding hydrogens is 232 g/mol. The van der Waals surface area contributed by atoms with Crippen molar-refractivity contribution in [1.82, 2.24) is 10.2 Å². The van der Waals surface area contributed by atoms with Crippen LogP contribution in [0, 0.1) is 5.41 Å². The third kappa shape index (κ3) is 4.78. The Bertz CT molecular complexity index is 229. The zero-order valence-electron chi connectivity index (χ0n) is 11.2. The molecule has 2 saturated heterocycles. The highest BCUT2D eigenvalue weighted by molar-refractivity contribution is 7.99. The summed E-state index contributed by atoms with van der Waals surface area (Å²) in [4.78, 5) is 2.50. The first-order valence-corrected chi connectivity index (χ1v) is 7.92. The monoisotopic (exact) mass is 258 g/mol. The summed E-state index contributed by atoms with van der Waals surface area (Å²) in [6.07, 6.45) is 1.32. The van der Waals surface area contributed by atoms with Crippen LogP contribution in [0.2, 0.25) is 0 Å². The minimum Gasteiger partial charge on any atom is -0.379 e. The van der Waals surface area contributed by atoms with Crippen LogP contribution in [-0.4, -0.2) is 61.8 Å². The number of ether oxygens (including phenoxy) is 1. The molecule has 2 heterocycles. The van der Waals surface area contributed by atoms with Crippen molar-refractivity contribution in [1.29, 1.82) is 0 Å². The van der Waals surface area contributed by atoms with E-state index in [1.54, 1.807) is 0 Å². The Morgan fingerprint density at radius 1 is 1.35 bits per heavy atom. The Hall–Kier alpha value is 0.230. The van der Waals surface area contributed by atoms with Gasteiger partial charge < -0.3 is 10.1 Å². The third-order valence-electron chi connectivity index (χ3n) is 3.58. The number of nitrogens with zero attached hydrogens (tertiary/aromatic N) is 1. The average Bonchev–Trinajstić information content (AvgIpc) is 2.29. The van der Waals surface area contributed by atoms with Crippen LogP contribution in [0.4, 0.5) is 0 Å². The van der Waals surface area contributed by atoms with Crippen molar-refractivity contribution in [3.8, 4) is 0 Å². The lowest BCUT2D eigenvalue weighted by atomic mass is 9.88. The standard InChI is InChI=1S/C13H26N2OS/c1-13(2)9-12(10-17-11-13)14-3-4-15-5-7-16-8-6-15/h12,14H,3-11H2,1-2H3. The smallest absolute Gasteiger partial charge is 0.0594 e. The van der Waals surface area contributed by atoms with Crippen LogP contribution in [0.25, 0.3) is 0 Å². The molecule has 100 valence electrons. The van der Waals surface area contributed by atoms with E-state index < -0.39 is 0 Å². The molecule has 1 unspecified atom stereocenters. The van der Waals surface area contributed by atoms with Gasteiger partial charge in [0.1, 0.15) is 0 Å². The van der Waals surface area contributed by atoms with E-state index in [0.29, 0.717) is 11.5 Å². The van der Waals surface area contributed by atoms with Gasteiger partial charge in [-0.15, -0.1) is 0 Å². The minimum absolute atomic E-state index is 0.513. The molecule has 0 saturated carbocycles. The number of hydrogen-bond donors (Lipinski definition) is 1. The zero-order chi connectivity index (χ0) is 12.1. The molecular formula is C13H26N2OS. The van der Waals surface area contributed by atoms with Crippen LogP contribution in [0.5, 0.6) is 0 Å². The molecule has 17 heavy (non-hydrogen) atoms. The van der Waals surface area contributed by atoms with Crippen LogP contribution in [-0.2, 0) is 4.74 Å². The van der Waals surface area contributed by atoms with E-state index in [1.165, 1.54) is 24.5 Å². The molecule has 1 N–H and O–H groups in total. The van der Waals surface area contributed by atoms with Gasteiger partial charge in [-0.2, -0.15) is 11.8 Å². The molecule has 2 aliphatic rings. The molecule has 2 aliphatic heterocycles. The molecule has 0 aliphatic carbocycles. The van der Waals surface area contributed by atoms with E-state index in [9.17, 15) is 0 Å². The van der Waals surface area contributed by atoms with Gasteiger partial charge in [0.25, 0.3) is 0 Å². The van der Waals surface area contributed by atoms with Gasteiger partial charge in [0.15, 0.2) is 0 Å². The second-order valence-electron chi connectivity index (χ2n) is 5.99. The van der Waals surface area contributed by atoms with Crippen molar-refractivity contribution in [2.24, 2.45) is 5.41 Å². The normalized spacial score (nSPS) is 30.4. The zero-order valence-corrected chi connectivity index (χ0v) is 12.0. The quantitative estimate of drug-likeness (QED) is 0.825. The summed E-state index contributed by atoms with van der Waals surface area (Å²) in [5.41, 5.74) is 0.513. The molecule has 0 amide bonds. The molecule has 0 radical (unpaired) electrons. The molecule has 3 nitrogen and oxygen atoms in total. The highest BCUT2D eigenvalue weighted by atomic mass is 32.2. The maximum absolute atomic E-state index is 5.36. The topological polar surface area (TPSA) is 24.5 Å². The predicted octanol–water partition coefficient (Wildman–Crippen LogP) is 1.44. The van der Waals surface area contributed by atoms with Gasteiger partial charge >= 0.3 is 0 Å². The molecule has 0 aromatic rings. The van der Waals surface area contributed by atoms with E-state index in [2.05, 4.69) is 35.8 Å². The molecule has 0 aromatic carbocycles. The number of thioether (sulfide) groups is 1. The number of morpholine rings is 1. The Balaban J connectivity index is 1.61. The van der Waals surface area contributed by atoms with E-state index in [0.717, 1.165) is 32.8 Å². The van der Waals surface area contributed by atoms with Crippen LogP contribution >= 0.6 is 11.8 Å². The number of rotatable bonds is 4. The van der Waals surface area contributed by atoms with Crippen LogP contribution < -0.4 is 5.32 Å². The first kappa shape index (κ1) is 13.7. The van der Waals surface area contributed by atoms with Crippen molar-refractivity contribution in [3.63, 3.8) is 0 Å². The van der Waals surface area contributed by atoms with Gasteiger partial charge in [0.2, 0.25) is 0 Å². The van der Waals surface area contributed by atoms with Crippen LogP contribution in [0.15, 0.2) is 0 Å². The molecule has 2 rings (SSSR count). The summed E-state index contributed by atoms with van der Waals surface area (Å²) in [5.74, 6) is 2.60. The fourth-order valence-corrected chi connectivity index (χ4v) is 3.95. The van der Waals surface area contributed by atoms with Gasteiger partial charge in [-0.05, 0) is 17.6 Å². The number of hydrogen-bond acceptors (Lipinski definition) is 4. The third-order valence-corrected chi connectivity index (χ3v) is 5.20. The largest absolute Gasteiger partial charge is 0.379 e. The SMILES string of the molecule is CC1(C)CSCC(NCCN2CCOCC2)C1. The highest BCUT2D eigenvalue weighted by Crippen LogP contribution is 2.33. The van der Waals surface area contributed by atoms with Gasteiger partial charge in [-0.3, -0.25) is 4.90 Å². The van der Waals surface area contributed by atoms with Gasteiger partial charge in [0, 0.05) is 38.0 Å². The van der Waals surface area contributed by atoms with Crippen molar-refractivity contribution >= 4 is 11.8 Å².